The summed E-state index contributed by atoms with van der Waals surface area (Å²) < 4.78 is 13.2. The normalized spacial score (nSPS) is 16.6. The molecule has 0 aliphatic rings. The first kappa shape index (κ1) is 10.9. The first-order chi connectivity index (χ1) is 4.63. The number of rotatable bonds is 2. The molecular weight excluding hydrogens is 139 g/mol. The van der Waals surface area contributed by atoms with Crippen LogP contribution in [0.25, 0.3) is 0 Å². The summed E-state index contributed by atoms with van der Waals surface area (Å²) in [6.45, 7) is 11.9. The van der Waals surface area contributed by atoms with Crippen LogP contribution in [0.2, 0.25) is 0 Å². The summed E-state index contributed by atoms with van der Waals surface area (Å²) in [5, 5.41) is 0. The van der Waals surface area contributed by atoms with Crippen molar-refractivity contribution in [1.82, 2.24) is 0 Å². The Kier molecular flexibility index (Phi) is 3.10. The maximum absolute atomic E-state index is 13.2. The van der Waals surface area contributed by atoms with Gasteiger partial charge in [0.25, 0.3) is 0 Å². The Morgan fingerprint density at radius 3 is 1.55 bits per heavy atom. The lowest BCUT2D eigenvalue weighted by Crippen LogP contribution is -2.25. The monoisotopic (exact) mass is 160 g/mol. The van der Waals surface area contributed by atoms with Gasteiger partial charge in [-0.05, 0) is 31.6 Å². The first-order valence-electron chi connectivity index (χ1n) is 4.32. The quantitative estimate of drug-likeness (QED) is 0.576. The van der Waals surface area contributed by atoms with Crippen molar-refractivity contribution >= 4 is 0 Å². The Bertz CT molecular complexity index is 114. The Labute approximate surface area is 70.2 Å². The number of halogens is 1. The van der Waals surface area contributed by atoms with Gasteiger partial charge in [0.2, 0.25) is 0 Å². The van der Waals surface area contributed by atoms with Crippen LogP contribution in [0.3, 0.4) is 0 Å². The smallest absolute Gasteiger partial charge is 0.105 e. The summed E-state index contributed by atoms with van der Waals surface area (Å²) in [7, 11) is 0. The Hall–Kier alpha value is -0.0700. The molecule has 1 atom stereocenters. The molecule has 0 aliphatic heterocycles. The third-order valence-electron chi connectivity index (χ3n) is 2.27. The molecule has 0 saturated heterocycles. The molecule has 0 radical (unpaired) electrons. The molecule has 0 aromatic carbocycles. The minimum Gasteiger partial charge on any atom is -0.244 e. The minimum atomic E-state index is -1.02. The van der Waals surface area contributed by atoms with Gasteiger partial charge in [0.1, 0.15) is 5.67 Å². The zero-order valence-electron chi connectivity index (χ0n) is 8.66. The van der Waals surface area contributed by atoms with Crippen LogP contribution >= 0.6 is 0 Å². The maximum Gasteiger partial charge on any atom is 0.105 e. The van der Waals surface area contributed by atoms with Crippen LogP contribution in [0.4, 0.5) is 4.39 Å². The molecule has 0 amide bonds. The van der Waals surface area contributed by atoms with Crippen molar-refractivity contribution in [2.75, 3.05) is 0 Å². The van der Waals surface area contributed by atoms with Crippen molar-refractivity contribution in [1.29, 1.82) is 0 Å². The van der Waals surface area contributed by atoms with Gasteiger partial charge in [-0.25, -0.2) is 4.39 Å². The van der Waals surface area contributed by atoms with E-state index in [4.69, 9.17) is 0 Å². The molecule has 0 rings (SSSR count). The number of hydrogen-bond acceptors (Lipinski definition) is 0. The van der Waals surface area contributed by atoms with Gasteiger partial charge in [-0.3, -0.25) is 0 Å². The van der Waals surface area contributed by atoms with E-state index in [0.29, 0.717) is 12.3 Å². The van der Waals surface area contributed by atoms with E-state index in [9.17, 15) is 4.39 Å². The van der Waals surface area contributed by atoms with Gasteiger partial charge in [0.05, 0.1) is 0 Å². The fourth-order valence-electron chi connectivity index (χ4n) is 1.03. The molecule has 0 heterocycles. The van der Waals surface area contributed by atoms with E-state index in [2.05, 4.69) is 27.7 Å². The Balaban J connectivity index is 3.99. The Morgan fingerprint density at radius 2 is 1.45 bits per heavy atom. The highest BCUT2D eigenvalue weighted by atomic mass is 19.1. The van der Waals surface area contributed by atoms with E-state index in [1.165, 1.54) is 0 Å². The number of alkyl halides is 1. The molecule has 0 bridgehead atoms. The van der Waals surface area contributed by atoms with Gasteiger partial charge in [-0.1, -0.05) is 27.7 Å². The van der Waals surface area contributed by atoms with E-state index in [1.54, 1.807) is 13.8 Å². The second kappa shape index (κ2) is 3.12. The van der Waals surface area contributed by atoms with Crippen LogP contribution in [0.15, 0.2) is 0 Å². The second-order valence-corrected chi connectivity index (χ2v) is 5.19. The largest absolute Gasteiger partial charge is 0.244 e. The topological polar surface area (TPSA) is 0 Å². The van der Waals surface area contributed by atoms with E-state index in [1.807, 2.05) is 0 Å². The molecule has 0 aromatic rings. The van der Waals surface area contributed by atoms with Gasteiger partial charge in [0.15, 0.2) is 0 Å². The third kappa shape index (κ3) is 5.23. The van der Waals surface area contributed by atoms with Crippen molar-refractivity contribution in [3.8, 4) is 0 Å². The van der Waals surface area contributed by atoms with E-state index >= 15 is 0 Å². The summed E-state index contributed by atoms with van der Waals surface area (Å²) in [5.74, 6) is 0.433. The third-order valence-corrected chi connectivity index (χ3v) is 2.27. The molecule has 0 saturated carbocycles. The summed E-state index contributed by atoms with van der Waals surface area (Å²) in [5.41, 5.74) is -0.796. The van der Waals surface area contributed by atoms with Crippen LogP contribution in [0, 0.1) is 11.3 Å². The van der Waals surface area contributed by atoms with Crippen molar-refractivity contribution in [2.24, 2.45) is 11.3 Å². The molecule has 68 valence electrons. The molecule has 0 aliphatic carbocycles. The highest BCUT2D eigenvalue weighted by Gasteiger charge is 2.27. The summed E-state index contributed by atoms with van der Waals surface area (Å²) in [4.78, 5) is 0. The molecule has 11 heavy (non-hydrogen) atoms. The fourth-order valence-corrected chi connectivity index (χ4v) is 1.03. The molecule has 0 aromatic heterocycles. The average Bonchev–Trinajstić information content (AvgIpc) is 1.56. The fraction of sp³-hybridized carbons (Fsp3) is 1.00. The molecule has 1 heteroatoms. The summed E-state index contributed by atoms with van der Waals surface area (Å²) in [6, 6.07) is 0. The van der Waals surface area contributed by atoms with E-state index in [-0.39, 0.29) is 5.41 Å². The zero-order chi connectivity index (χ0) is 9.28. The van der Waals surface area contributed by atoms with Gasteiger partial charge in [-0.15, -0.1) is 0 Å². The SMILES string of the molecule is CC(CC(C)(C)F)C(C)(C)C. The zero-order valence-corrected chi connectivity index (χ0v) is 8.66. The lowest BCUT2D eigenvalue weighted by Gasteiger charge is -2.30. The van der Waals surface area contributed by atoms with Crippen LogP contribution in [0.1, 0.15) is 48.0 Å². The van der Waals surface area contributed by atoms with Crippen molar-refractivity contribution < 1.29 is 4.39 Å². The first-order valence-corrected chi connectivity index (χ1v) is 4.32. The van der Waals surface area contributed by atoms with Gasteiger partial charge >= 0.3 is 0 Å². The molecule has 0 spiro atoms. The van der Waals surface area contributed by atoms with Crippen LogP contribution in [-0.4, -0.2) is 5.67 Å². The lowest BCUT2D eigenvalue weighted by molar-refractivity contribution is 0.122. The van der Waals surface area contributed by atoms with Gasteiger partial charge < -0.3 is 0 Å². The maximum atomic E-state index is 13.2. The predicted octanol–water partition coefficient (Wildman–Crippen LogP) is 3.81. The van der Waals surface area contributed by atoms with Crippen LogP contribution in [-0.2, 0) is 0 Å². The highest BCUT2D eigenvalue weighted by molar-refractivity contribution is 4.77. The average molecular weight is 160 g/mol. The number of hydrogen-bond donors (Lipinski definition) is 0. The lowest BCUT2D eigenvalue weighted by atomic mass is 9.77. The molecule has 1 unspecified atom stereocenters. The molecular formula is C10H21F. The highest BCUT2D eigenvalue weighted by Crippen LogP contribution is 2.33. The van der Waals surface area contributed by atoms with Crippen molar-refractivity contribution in [3.05, 3.63) is 0 Å². The van der Waals surface area contributed by atoms with Crippen molar-refractivity contribution in [2.45, 2.75) is 53.6 Å². The standard InChI is InChI=1S/C10H21F/c1-8(9(2,3)4)7-10(5,6)11/h8H,7H2,1-6H3. The van der Waals surface area contributed by atoms with E-state index < -0.39 is 5.67 Å². The summed E-state index contributed by atoms with van der Waals surface area (Å²) in [6.07, 6.45) is 0.649. The predicted molar refractivity (Wildman–Crippen MR) is 48.4 cm³/mol. The van der Waals surface area contributed by atoms with E-state index in [0.717, 1.165) is 0 Å². The second-order valence-electron chi connectivity index (χ2n) is 5.19. The Morgan fingerprint density at radius 1 is 1.09 bits per heavy atom. The van der Waals surface area contributed by atoms with Gasteiger partial charge in [0, 0.05) is 0 Å². The van der Waals surface area contributed by atoms with Crippen LogP contribution in [0.5, 0.6) is 0 Å². The van der Waals surface area contributed by atoms with Crippen molar-refractivity contribution in [3.63, 3.8) is 0 Å². The minimum absolute atomic E-state index is 0.226. The molecule has 0 fully saturated rings. The molecule has 0 nitrogen and oxygen atoms in total. The molecule has 0 N–H and O–H groups in total. The summed E-state index contributed by atoms with van der Waals surface area (Å²) >= 11 is 0. The van der Waals surface area contributed by atoms with Crippen LogP contribution < -0.4 is 0 Å². The van der Waals surface area contributed by atoms with Gasteiger partial charge in [-0.2, -0.15) is 0 Å².